The minimum Gasteiger partial charge on any atom is -0.496 e. The summed E-state index contributed by atoms with van der Waals surface area (Å²) in [5.74, 6) is 1.91. The first-order valence-corrected chi connectivity index (χ1v) is 5.71. The second kappa shape index (κ2) is 3.80. The molecule has 0 spiro atoms. The molecule has 4 heteroatoms. The van der Waals surface area contributed by atoms with Crippen LogP contribution in [-0.4, -0.2) is 12.3 Å². The summed E-state index contributed by atoms with van der Waals surface area (Å²) in [4.78, 5) is 0. The van der Waals surface area contributed by atoms with Crippen LogP contribution < -0.4 is 10.5 Å². The van der Waals surface area contributed by atoms with Crippen LogP contribution in [0.15, 0.2) is 22.7 Å². The Bertz CT molecular complexity index is 561. The van der Waals surface area contributed by atoms with Gasteiger partial charge in [-0.15, -0.1) is 0 Å². The summed E-state index contributed by atoms with van der Waals surface area (Å²) in [6.07, 6.45) is 3.36. The van der Waals surface area contributed by atoms with Crippen LogP contribution >= 0.6 is 0 Å². The third-order valence-corrected chi connectivity index (χ3v) is 3.24. The first kappa shape index (κ1) is 10.2. The van der Waals surface area contributed by atoms with Gasteiger partial charge in [0.2, 0.25) is 0 Å². The van der Waals surface area contributed by atoms with Gasteiger partial charge in [0.05, 0.1) is 12.7 Å². The molecule has 0 fully saturated rings. The summed E-state index contributed by atoms with van der Waals surface area (Å²) >= 11 is 0. The monoisotopic (exact) mass is 230 g/mol. The molecule has 3 rings (SSSR count). The van der Waals surface area contributed by atoms with Crippen LogP contribution in [0.2, 0.25) is 0 Å². The van der Waals surface area contributed by atoms with Crippen molar-refractivity contribution in [1.82, 2.24) is 5.16 Å². The van der Waals surface area contributed by atoms with Crippen molar-refractivity contribution >= 4 is 5.82 Å². The Morgan fingerprint density at radius 1 is 1.35 bits per heavy atom. The largest absolute Gasteiger partial charge is 0.496 e. The third-order valence-electron chi connectivity index (χ3n) is 3.24. The number of aromatic nitrogens is 1. The van der Waals surface area contributed by atoms with Gasteiger partial charge in [-0.1, -0.05) is 11.2 Å². The van der Waals surface area contributed by atoms with Crippen LogP contribution in [0.1, 0.15) is 17.5 Å². The van der Waals surface area contributed by atoms with Gasteiger partial charge < -0.3 is 15.0 Å². The molecule has 88 valence electrons. The van der Waals surface area contributed by atoms with E-state index in [0.29, 0.717) is 11.6 Å². The zero-order chi connectivity index (χ0) is 11.8. The maximum absolute atomic E-state index is 5.61. The van der Waals surface area contributed by atoms with E-state index in [1.165, 1.54) is 17.5 Å². The number of ether oxygens (including phenoxy) is 1. The Kier molecular flexibility index (Phi) is 2.28. The van der Waals surface area contributed by atoms with Gasteiger partial charge in [0.15, 0.2) is 11.6 Å². The number of nitrogen functional groups attached to an aromatic ring is 1. The first-order chi connectivity index (χ1) is 8.29. The molecule has 2 N–H and O–H groups in total. The van der Waals surface area contributed by atoms with E-state index in [1.54, 1.807) is 13.2 Å². The molecule has 1 aliphatic carbocycles. The minimum atomic E-state index is 0.401. The molecule has 1 heterocycles. The standard InChI is InChI=1S/C13H14N2O2/c1-16-10-6-5-8-3-2-4-9(8)13(10)11-7-12(14)15-17-11/h5-7H,2-4H2,1H3,(H2,14,15). The molecule has 0 radical (unpaired) electrons. The van der Waals surface area contributed by atoms with Gasteiger partial charge in [-0.2, -0.15) is 0 Å². The van der Waals surface area contributed by atoms with E-state index in [0.717, 1.165) is 24.2 Å². The summed E-state index contributed by atoms with van der Waals surface area (Å²) in [5, 5.41) is 3.74. The van der Waals surface area contributed by atoms with Crippen molar-refractivity contribution in [2.24, 2.45) is 0 Å². The van der Waals surface area contributed by atoms with E-state index in [-0.39, 0.29) is 0 Å². The van der Waals surface area contributed by atoms with Crippen molar-refractivity contribution in [3.05, 3.63) is 29.3 Å². The van der Waals surface area contributed by atoms with Crippen molar-refractivity contribution in [3.8, 4) is 17.1 Å². The minimum absolute atomic E-state index is 0.401. The van der Waals surface area contributed by atoms with Gasteiger partial charge in [-0.3, -0.25) is 0 Å². The Morgan fingerprint density at radius 2 is 2.24 bits per heavy atom. The van der Waals surface area contributed by atoms with Crippen LogP contribution in [0.5, 0.6) is 5.75 Å². The molecular weight excluding hydrogens is 216 g/mol. The van der Waals surface area contributed by atoms with Crippen LogP contribution in [0, 0.1) is 0 Å². The average Bonchev–Trinajstić information content (AvgIpc) is 2.95. The Balaban J connectivity index is 2.23. The molecule has 0 aliphatic heterocycles. The van der Waals surface area contributed by atoms with Crippen molar-refractivity contribution in [3.63, 3.8) is 0 Å². The third kappa shape index (κ3) is 1.56. The molecule has 0 saturated carbocycles. The average molecular weight is 230 g/mol. The van der Waals surface area contributed by atoms with Crippen molar-refractivity contribution in [2.75, 3.05) is 12.8 Å². The fraction of sp³-hybridized carbons (Fsp3) is 0.308. The maximum Gasteiger partial charge on any atom is 0.173 e. The molecular formula is C13H14N2O2. The fourth-order valence-corrected chi connectivity index (χ4v) is 2.49. The predicted octanol–water partition coefficient (Wildman–Crippen LogP) is 2.42. The molecule has 2 aromatic rings. The smallest absolute Gasteiger partial charge is 0.173 e. The number of nitrogens with zero attached hydrogens (tertiary/aromatic N) is 1. The Hall–Kier alpha value is -1.97. The van der Waals surface area contributed by atoms with Crippen LogP contribution in [0.25, 0.3) is 11.3 Å². The zero-order valence-corrected chi connectivity index (χ0v) is 9.69. The highest BCUT2D eigenvalue weighted by atomic mass is 16.5. The van der Waals surface area contributed by atoms with E-state index in [2.05, 4.69) is 11.2 Å². The summed E-state index contributed by atoms with van der Waals surface area (Å²) in [7, 11) is 1.67. The van der Waals surface area contributed by atoms with Crippen molar-refractivity contribution in [2.45, 2.75) is 19.3 Å². The van der Waals surface area contributed by atoms with Gasteiger partial charge in [0.25, 0.3) is 0 Å². The fourth-order valence-electron chi connectivity index (χ4n) is 2.49. The highest BCUT2D eigenvalue weighted by molar-refractivity contribution is 5.73. The maximum atomic E-state index is 5.61. The lowest BCUT2D eigenvalue weighted by molar-refractivity contribution is 0.406. The molecule has 0 unspecified atom stereocenters. The first-order valence-electron chi connectivity index (χ1n) is 5.71. The highest BCUT2D eigenvalue weighted by Gasteiger charge is 2.22. The predicted molar refractivity (Wildman–Crippen MR) is 64.9 cm³/mol. The number of aryl methyl sites for hydroxylation is 1. The molecule has 0 atom stereocenters. The molecule has 1 aliphatic rings. The molecule has 1 aromatic carbocycles. The van der Waals surface area contributed by atoms with Crippen molar-refractivity contribution in [1.29, 1.82) is 0 Å². The Labute approximate surface area is 99.4 Å². The molecule has 0 saturated heterocycles. The lowest BCUT2D eigenvalue weighted by atomic mass is 10.0. The molecule has 1 aromatic heterocycles. The number of hydrogen-bond acceptors (Lipinski definition) is 4. The van der Waals surface area contributed by atoms with Crippen LogP contribution in [-0.2, 0) is 12.8 Å². The summed E-state index contributed by atoms with van der Waals surface area (Å²) < 4.78 is 10.7. The van der Waals surface area contributed by atoms with Gasteiger partial charge >= 0.3 is 0 Å². The van der Waals surface area contributed by atoms with Gasteiger partial charge in [0.1, 0.15) is 5.75 Å². The lowest BCUT2D eigenvalue weighted by Gasteiger charge is -2.10. The molecule has 0 bridgehead atoms. The van der Waals surface area contributed by atoms with Crippen LogP contribution in [0.4, 0.5) is 5.82 Å². The molecule has 0 amide bonds. The summed E-state index contributed by atoms with van der Waals surface area (Å²) in [6.45, 7) is 0. The number of rotatable bonds is 2. The van der Waals surface area contributed by atoms with E-state index in [4.69, 9.17) is 15.0 Å². The number of methoxy groups -OCH3 is 1. The highest BCUT2D eigenvalue weighted by Crippen LogP contribution is 2.39. The summed E-state index contributed by atoms with van der Waals surface area (Å²) in [5.41, 5.74) is 9.29. The normalized spacial score (nSPS) is 13.7. The summed E-state index contributed by atoms with van der Waals surface area (Å²) in [6, 6.07) is 5.86. The molecule has 17 heavy (non-hydrogen) atoms. The lowest BCUT2D eigenvalue weighted by Crippen LogP contribution is -1.93. The quantitative estimate of drug-likeness (QED) is 0.860. The number of benzene rings is 1. The second-order valence-electron chi connectivity index (χ2n) is 4.25. The van der Waals surface area contributed by atoms with Gasteiger partial charge in [-0.05, 0) is 36.5 Å². The van der Waals surface area contributed by atoms with E-state index in [1.807, 2.05) is 6.07 Å². The van der Waals surface area contributed by atoms with E-state index >= 15 is 0 Å². The molecule has 4 nitrogen and oxygen atoms in total. The van der Waals surface area contributed by atoms with E-state index < -0.39 is 0 Å². The van der Waals surface area contributed by atoms with Crippen molar-refractivity contribution < 1.29 is 9.26 Å². The number of hydrogen-bond donors (Lipinski definition) is 1. The topological polar surface area (TPSA) is 61.3 Å². The van der Waals surface area contributed by atoms with Crippen LogP contribution in [0.3, 0.4) is 0 Å². The second-order valence-corrected chi connectivity index (χ2v) is 4.25. The zero-order valence-electron chi connectivity index (χ0n) is 9.69. The van der Waals surface area contributed by atoms with E-state index in [9.17, 15) is 0 Å². The number of anilines is 1. The Morgan fingerprint density at radius 3 is 2.94 bits per heavy atom. The van der Waals surface area contributed by atoms with Gasteiger partial charge in [-0.25, -0.2) is 0 Å². The number of fused-ring (bicyclic) bond motifs is 1. The number of nitrogens with two attached hydrogens (primary N) is 1. The van der Waals surface area contributed by atoms with Gasteiger partial charge in [0, 0.05) is 6.07 Å². The SMILES string of the molecule is COc1ccc2c(c1-c1cc(N)no1)CCC2.